The van der Waals surface area contributed by atoms with Crippen molar-refractivity contribution in [2.75, 3.05) is 14.2 Å². The number of ether oxygens (including phenoxy) is 2. The lowest BCUT2D eigenvalue weighted by atomic mass is 10.1. The fourth-order valence-electron chi connectivity index (χ4n) is 3.30. The van der Waals surface area contributed by atoms with E-state index in [0.29, 0.717) is 21.5 Å². The molecular weight excluding hydrogens is 460 g/mol. The van der Waals surface area contributed by atoms with E-state index in [1.165, 1.54) is 26.4 Å². The van der Waals surface area contributed by atoms with Crippen molar-refractivity contribution < 1.29 is 23.1 Å². The maximum absolute atomic E-state index is 14.1. The van der Waals surface area contributed by atoms with Gasteiger partial charge in [0.2, 0.25) is 17.7 Å². The molecule has 0 aliphatic carbocycles. The number of carbonyl (C=O) groups excluding carboxylic acids is 1. The molecule has 10 heteroatoms. The van der Waals surface area contributed by atoms with Crippen molar-refractivity contribution in [1.82, 2.24) is 15.2 Å². The number of methoxy groups -OCH3 is 2. The minimum atomic E-state index is -0.578. The van der Waals surface area contributed by atoms with Crippen LogP contribution in [0.3, 0.4) is 0 Å². The first-order valence-corrected chi connectivity index (χ1v) is 10.1. The molecule has 4 aromatic rings. The quantitative estimate of drug-likeness (QED) is 0.361. The molecule has 0 saturated carbocycles. The number of carbonyl (C=O) groups is 1. The lowest BCUT2D eigenvalue weighted by Gasteiger charge is -2.10. The van der Waals surface area contributed by atoms with Gasteiger partial charge >= 0.3 is 5.97 Å². The fourth-order valence-corrected chi connectivity index (χ4v) is 3.78. The Bertz CT molecular complexity index is 1310. The summed E-state index contributed by atoms with van der Waals surface area (Å²) in [5, 5.41) is 9.38. The molecule has 0 unspecified atom stereocenters. The summed E-state index contributed by atoms with van der Waals surface area (Å²) >= 11 is 12.4. The Kier molecular flexibility index (Phi) is 6.25. The third kappa shape index (κ3) is 4.37. The lowest BCUT2D eigenvalue weighted by molar-refractivity contribution is 0.0596. The van der Waals surface area contributed by atoms with Crippen LogP contribution in [0.15, 0.2) is 40.8 Å². The molecule has 4 rings (SSSR count). The number of hydrogen-bond donors (Lipinski definition) is 0. The Morgan fingerprint density at radius 1 is 1.09 bits per heavy atom. The SMILES string of the molecule is COC(=O)c1cc2cc(Cl)cc(Cc3nnc(Cc4c(F)cccc4Cl)o3)c2nc1OC. The second kappa shape index (κ2) is 9.10. The van der Waals surface area contributed by atoms with Crippen LogP contribution in [0.2, 0.25) is 10.0 Å². The van der Waals surface area contributed by atoms with Gasteiger partial charge in [-0.05, 0) is 35.9 Å². The van der Waals surface area contributed by atoms with Crippen LogP contribution in [0.5, 0.6) is 5.88 Å². The normalized spacial score (nSPS) is 11.0. The molecule has 0 spiro atoms. The second-order valence-electron chi connectivity index (χ2n) is 6.82. The molecule has 164 valence electrons. The first-order chi connectivity index (χ1) is 15.4. The van der Waals surface area contributed by atoms with Crippen LogP contribution in [0, 0.1) is 5.82 Å². The van der Waals surface area contributed by atoms with E-state index in [1.807, 2.05) is 0 Å². The molecule has 2 aromatic carbocycles. The summed E-state index contributed by atoms with van der Waals surface area (Å²) in [4.78, 5) is 16.5. The third-order valence-corrected chi connectivity index (χ3v) is 5.34. The number of hydrogen-bond acceptors (Lipinski definition) is 7. The van der Waals surface area contributed by atoms with Crippen molar-refractivity contribution >= 4 is 40.1 Å². The second-order valence-corrected chi connectivity index (χ2v) is 7.66. The van der Waals surface area contributed by atoms with E-state index in [1.54, 1.807) is 24.3 Å². The average Bonchev–Trinajstić information content (AvgIpc) is 3.21. The van der Waals surface area contributed by atoms with E-state index >= 15 is 0 Å². The van der Waals surface area contributed by atoms with E-state index in [-0.39, 0.29) is 46.7 Å². The lowest BCUT2D eigenvalue weighted by Crippen LogP contribution is -2.06. The van der Waals surface area contributed by atoms with Gasteiger partial charge in [-0.1, -0.05) is 29.3 Å². The van der Waals surface area contributed by atoms with Crippen LogP contribution >= 0.6 is 23.2 Å². The van der Waals surface area contributed by atoms with Gasteiger partial charge in [-0.2, -0.15) is 0 Å². The van der Waals surface area contributed by atoms with Gasteiger partial charge in [0, 0.05) is 21.0 Å². The largest absolute Gasteiger partial charge is 0.480 e. The third-order valence-electron chi connectivity index (χ3n) is 4.77. The Morgan fingerprint density at radius 3 is 2.53 bits per heavy atom. The highest BCUT2D eigenvalue weighted by Gasteiger charge is 2.19. The van der Waals surface area contributed by atoms with E-state index < -0.39 is 11.8 Å². The predicted molar refractivity (Wildman–Crippen MR) is 116 cm³/mol. The summed E-state index contributed by atoms with van der Waals surface area (Å²) < 4.78 is 29.8. The zero-order valence-corrected chi connectivity index (χ0v) is 18.5. The van der Waals surface area contributed by atoms with Crippen LogP contribution in [0.4, 0.5) is 4.39 Å². The number of aromatic nitrogens is 3. The monoisotopic (exact) mass is 475 g/mol. The van der Waals surface area contributed by atoms with Gasteiger partial charge in [-0.3, -0.25) is 0 Å². The number of fused-ring (bicyclic) bond motifs is 1. The summed E-state index contributed by atoms with van der Waals surface area (Å²) in [6.07, 6.45) is 0.270. The molecule has 0 N–H and O–H groups in total. The summed E-state index contributed by atoms with van der Waals surface area (Å²) in [6.45, 7) is 0. The van der Waals surface area contributed by atoms with Gasteiger partial charge in [-0.25, -0.2) is 14.2 Å². The first kappa shape index (κ1) is 22.0. The molecule has 0 amide bonds. The van der Waals surface area contributed by atoms with Crippen LogP contribution in [-0.4, -0.2) is 35.4 Å². The van der Waals surface area contributed by atoms with E-state index in [2.05, 4.69) is 15.2 Å². The molecule has 2 aromatic heterocycles. The van der Waals surface area contributed by atoms with Gasteiger partial charge in [0.25, 0.3) is 0 Å². The van der Waals surface area contributed by atoms with E-state index in [0.717, 1.165) is 0 Å². The van der Waals surface area contributed by atoms with Gasteiger partial charge in [0.15, 0.2) is 0 Å². The molecule has 0 bridgehead atoms. The number of rotatable bonds is 6. The smallest absolute Gasteiger partial charge is 0.343 e. The van der Waals surface area contributed by atoms with Crippen LogP contribution < -0.4 is 4.74 Å². The number of nitrogens with zero attached hydrogens (tertiary/aromatic N) is 3. The van der Waals surface area contributed by atoms with Crippen LogP contribution in [-0.2, 0) is 17.6 Å². The van der Waals surface area contributed by atoms with Gasteiger partial charge in [0.05, 0.1) is 32.6 Å². The molecule has 0 atom stereocenters. The Labute approximate surface area is 192 Å². The molecule has 0 saturated heterocycles. The molecular formula is C22H16Cl2FN3O4. The summed E-state index contributed by atoms with van der Waals surface area (Å²) in [5.41, 5.74) is 1.69. The number of esters is 1. The van der Waals surface area contributed by atoms with E-state index in [9.17, 15) is 9.18 Å². The van der Waals surface area contributed by atoms with Crippen molar-refractivity contribution in [3.05, 3.63) is 80.7 Å². The molecule has 7 nitrogen and oxygen atoms in total. The molecule has 2 heterocycles. The molecule has 0 aliphatic rings. The van der Waals surface area contributed by atoms with Crippen LogP contribution in [0.1, 0.15) is 33.3 Å². The maximum Gasteiger partial charge on any atom is 0.343 e. The molecule has 0 fully saturated rings. The molecule has 0 aliphatic heterocycles. The molecule has 32 heavy (non-hydrogen) atoms. The summed E-state index contributed by atoms with van der Waals surface area (Å²) in [6, 6.07) is 9.43. The zero-order valence-electron chi connectivity index (χ0n) is 17.0. The zero-order chi connectivity index (χ0) is 22.8. The highest BCUT2D eigenvalue weighted by Crippen LogP contribution is 2.30. The van der Waals surface area contributed by atoms with Crippen molar-refractivity contribution in [3.8, 4) is 5.88 Å². The minimum absolute atomic E-state index is 0.0589. The van der Waals surface area contributed by atoms with Gasteiger partial charge in [-0.15, -0.1) is 10.2 Å². The maximum atomic E-state index is 14.1. The van der Waals surface area contributed by atoms with E-state index in [4.69, 9.17) is 37.1 Å². The minimum Gasteiger partial charge on any atom is -0.480 e. The van der Waals surface area contributed by atoms with Crippen molar-refractivity contribution in [3.63, 3.8) is 0 Å². The standard InChI is InChI=1S/C22H16Cl2FN3O4/c1-30-21-15(22(29)31-2)8-11-6-13(23)7-12(20(11)26-21)9-18-27-28-19(32-18)10-14-16(24)4-3-5-17(14)25/h3-8H,9-10H2,1-2H3. The van der Waals surface area contributed by atoms with Gasteiger partial charge in [0.1, 0.15) is 11.4 Å². The predicted octanol–water partition coefficient (Wildman–Crippen LogP) is 5.04. The Morgan fingerprint density at radius 2 is 1.84 bits per heavy atom. The average molecular weight is 476 g/mol. The fraction of sp³-hybridized carbons (Fsp3) is 0.182. The number of pyridine rings is 1. The van der Waals surface area contributed by atoms with Gasteiger partial charge < -0.3 is 13.9 Å². The molecule has 0 radical (unpaired) electrons. The van der Waals surface area contributed by atoms with Crippen LogP contribution in [0.25, 0.3) is 10.9 Å². The first-order valence-electron chi connectivity index (χ1n) is 9.39. The summed E-state index contributed by atoms with van der Waals surface area (Å²) in [5.74, 6) is -0.402. The number of halogens is 3. The highest BCUT2D eigenvalue weighted by molar-refractivity contribution is 6.31. The van der Waals surface area contributed by atoms with Crippen molar-refractivity contribution in [2.45, 2.75) is 12.8 Å². The summed E-state index contributed by atoms with van der Waals surface area (Å²) in [7, 11) is 2.69. The number of benzene rings is 2. The highest BCUT2D eigenvalue weighted by atomic mass is 35.5. The topological polar surface area (TPSA) is 87.3 Å². The van der Waals surface area contributed by atoms with Crippen molar-refractivity contribution in [2.24, 2.45) is 0 Å². The van der Waals surface area contributed by atoms with Crippen molar-refractivity contribution in [1.29, 1.82) is 0 Å². The Balaban J connectivity index is 1.68. The Hall–Kier alpha value is -3.23.